The van der Waals surface area contributed by atoms with Crippen molar-refractivity contribution in [1.82, 2.24) is 19.7 Å². The highest BCUT2D eigenvalue weighted by Crippen LogP contribution is 2.27. The van der Waals surface area contributed by atoms with Crippen molar-refractivity contribution in [3.63, 3.8) is 0 Å². The number of thiophene rings is 1. The zero-order valence-corrected chi connectivity index (χ0v) is 17.9. The molecule has 2 N–H and O–H groups in total. The Morgan fingerprint density at radius 3 is 2.71 bits per heavy atom. The summed E-state index contributed by atoms with van der Waals surface area (Å²) in [6.07, 6.45) is 3.78. The van der Waals surface area contributed by atoms with Crippen LogP contribution in [-0.2, 0) is 11.2 Å². The van der Waals surface area contributed by atoms with Crippen LogP contribution in [0.5, 0.6) is 0 Å². The van der Waals surface area contributed by atoms with Gasteiger partial charge in [0.2, 0.25) is 11.9 Å². The van der Waals surface area contributed by atoms with E-state index in [1.165, 1.54) is 22.1 Å². The molecule has 4 rings (SSSR count). The molecule has 0 aliphatic heterocycles. The van der Waals surface area contributed by atoms with Crippen LogP contribution in [0.25, 0.3) is 22.6 Å². The molecule has 3 heterocycles. The number of hydrogen-bond acceptors (Lipinski definition) is 5. The molecule has 0 unspecified atom stereocenters. The lowest BCUT2D eigenvalue weighted by Gasteiger charge is -2.09. The normalized spacial score (nSPS) is 11.2. The number of aryl methyl sites for hydroxylation is 1. The SMILES string of the molecule is CCc1c(C)nc(-n2nc(-c3cccs3)cc2NC(=O)/C=C\c2ccccc2)[nH]c1=O. The number of benzene rings is 1. The van der Waals surface area contributed by atoms with Crippen LogP contribution >= 0.6 is 11.3 Å². The maximum absolute atomic E-state index is 12.6. The maximum atomic E-state index is 12.6. The average Bonchev–Trinajstić information content (AvgIpc) is 3.43. The lowest BCUT2D eigenvalue weighted by Crippen LogP contribution is -2.21. The molecule has 0 atom stereocenters. The number of H-pyrrole nitrogens is 1. The number of carbonyl (C=O) groups excluding carboxylic acids is 1. The van der Waals surface area contributed by atoms with Gasteiger partial charge in [-0.1, -0.05) is 43.3 Å². The number of anilines is 1. The molecule has 0 bridgehead atoms. The van der Waals surface area contributed by atoms with Crippen molar-refractivity contribution >= 4 is 29.1 Å². The smallest absolute Gasteiger partial charge is 0.255 e. The van der Waals surface area contributed by atoms with Crippen molar-refractivity contribution in [3.05, 3.63) is 87.2 Å². The van der Waals surface area contributed by atoms with Crippen LogP contribution in [0.3, 0.4) is 0 Å². The zero-order valence-electron chi connectivity index (χ0n) is 17.1. The van der Waals surface area contributed by atoms with Gasteiger partial charge in [-0.05, 0) is 36.4 Å². The Labute approximate surface area is 183 Å². The van der Waals surface area contributed by atoms with E-state index in [0.717, 1.165) is 10.4 Å². The van der Waals surface area contributed by atoms with Crippen LogP contribution < -0.4 is 10.9 Å². The van der Waals surface area contributed by atoms with Gasteiger partial charge in [-0.3, -0.25) is 14.6 Å². The standard InChI is InChI=1S/C23H21N5O2S/c1-3-17-15(2)24-23(26-22(17)30)28-20(14-18(27-28)19-10-7-13-31-19)25-21(29)12-11-16-8-5-4-6-9-16/h4-14H,3H2,1-2H3,(H,25,29)(H,24,26,30)/b12-11-. The Kier molecular flexibility index (Phi) is 5.90. The molecule has 0 aliphatic carbocycles. The maximum Gasteiger partial charge on any atom is 0.255 e. The van der Waals surface area contributed by atoms with Crippen LogP contribution in [0.1, 0.15) is 23.7 Å². The van der Waals surface area contributed by atoms with E-state index in [4.69, 9.17) is 0 Å². The van der Waals surface area contributed by atoms with E-state index >= 15 is 0 Å². The fourth-order valence-electron chi connectivity index (χ4n) is 3.19. The van der Waals surface area contributed by atoms with E-state index in [1.807, 2.05) is 54.8 Å². The summed E-state index contributed by atoms with van der Waals surface area (Å²) in [6.45, 7) is 3.70. The second-order valence-electron chi connectivity index (χ2n) is 6.84. The molecular weight excluding hydrogens is 410 g/mol. The predicted molar refractivity (Wildman–Crippen MR) is 124 cm³/mol. The minimum absolute atomic E-state index is 0.209. The summed E-state index contributed by atoms with van der Waals surface area (Å²) in [5.41, 5.74) is 2.65. The molecule has 3 aromatic heterocycles. The van der Waals surface area contributed by atoms with Gasteiger partial charge >= 0.3 is 0 Å². The van der Waals surface area contributed by atoms with Crippen molar-refractivity contribution < 1.29 is 4.79 Å². The molecule has 31 heavy (non-hydrogen) atoms. The summed E-state index contributed by atoms with van der Waals surface area (Å²) < 4.78 is 1.46. The van der Waals surface area contributed by atoms with Gasteiger partial charge in [-0.2, -0.15) is 9.78 Å². The molecule has 1 aromatic carbocycles. The third kappa shape index (κ3) is 4.54. The van der Waals surface area contributed by atoms with Gasteiger partial charge in [0.05, 0.1) is 4.88 Å². The van der Waals surface area contributed by atoms with Gasteiger partial charge in [0.25, 0.3) is 5.56 Å². The van der Waals surface area contributed by atoms with Gasteiger partial charge in [-0.15, -0.1) is 11.3 Å². The molecule has 0 fully saturated rings. The molecular formula is C23H21N5O2S. The van der Waals surface area contributed by atoms with Gasteiger partial charge in [0.1, 0.15) is 11.5 Å². The van der Waals surface area contributed by atoms with E-state index in [-0.39, 0.29) is 17.4 Å². The van der Waals surface area contributed by atoms with Crippen molar-refractivity contribution in [2.24, 2.45) is 0 Å². The first-order valence-corrected chi connectivity index (χ1v) is 10.7. The molecule has 1 amide bonds. The number of aromatic amines is 1. The quantitative estimate of drug-likeness (QED) is 0.447. The van der Waals surface area contributed by atoms with E-state index in [2.05, 4.69) is 20.4 Å². The molecule has 0 radical (unpaired) electrons. The van der Waals surface area contributed by atoms with Crippen LogP contribution in [0, 0.1) is 6.92 Å². The number of rotatable bonds is 6. The Morgan fingerprint density at radius 2 is 2.03 bits per heavy atom. The van der Waals surface area contributed by atoms with Gasteiger partial charge in [0, 0.05) is 23.4 Å². The second kappa shape index (κ2) is 8.93. The monoisotopic (exact) mass is 431 g/mol. The van der Waals surface area contributed by atoms with Crippen molar-refractivity contribution in [2.75, 3.05) is 5.32 Å². The molecule has 0 spiro atoms. The minimum atomic E-state index is -0.313. The summed E-state index contributed by atoms with van der Waals surface area (Å²) in [7, 11) is 0. The van der Waals surface area contributed by atoms with E-state index in [0.29, 0.717) is 29.2 Å². The Hall–Kier alpha value is -3.78. The largest absolute Gasteiger partial charge is 0.307 e. The van der Waals surface area contributed by atoms with Gasteiger partial charge in [0.15, 0.2) is 0 Å². The van der Waals surface area contributed by atoms with Gasteiger partial charge in [-0.25, -0.2) is 4.98 Å². The first-order valence-electron chi connectivity index (χ1n) is 9.83. The zero-order chi connectivity index (χ0) is 21.8. The van der Waals surface area contributed by atoms with Crippen molar-refractivity contribution in [1.29, 1.82) is 0 Å². The minimum Gasteiger partial charge on any atom is -0.307 e. The number of nitrogens with one attached hydrogen (secondary N) is 2. The number of hydrogen-bond donors (Lipinski definition) is 2. The molecule has 8 heteroatoms. The Bertz CT molecular complexity index is 1290. The molecule has 0 saturated carbocycles. The third-order valence-electron chi connectivity index (χ3n) is 4.72. The van der Waals surface area contributed by atoms with E-state index < -0.39 is 0 Å². The highest BCUT2D eigenvalue weighted by atomic mass is 32.1. The summed E-state index contributed by atoms with van der Waals surface area (Å²) in [5.74, 6) is 0.356. The van der Waals surface area contributed by atoms with E-state index in [9.17, 15) is 9.59 Å². The predicted octanol–water partition coefficient (Wildman–Crippen LogP) is 4.21. The van der Waals surface area contributed by atoms with Crippen LogP contribution in [0.15, 0.2) is 64.8 Å². The highest BCUT2D eigenvalue weighted by molar-refractivity contribution is 7.13. The third-order valence-corrected chi connectivity index (χ3v) is 5.62. The lowest BCUT2D eigenvalue weighted by atomic mass is 10.2. The molecule has 0 aliphatic rings. The summed E-state index contributed by atoms with van der Waals surface area (Å²) in [4.78, 5) is 33.3. The summed E-state index contributed by atoms with van der Waals surface area (Å²) in [6, 6.07) is 15.2. The topological polar surface area (TPSA) is 92.7 Å². The van der Waals surface area contributed by atoms with Crippen LogP contribution in [-0.4, -0.2) is 25.7 Å². The number of amides is 1. The first kappa shape index (κ1) is 20.5. The van der Waals surface area contributed by atoms with Crippen molar-refractivity contribution in [3.8, 4) is 16.5 Å². The Balaban J connectivity index is 1.70. The molecule has 4 aromatic rings. The summed E-state index contributed by atoms with van der Waals surface area (Å²) >= 11 is 1.54. The summed E-state index contributed by atoms with van der Waals surface area (Å²) in [5, 5.41) is 9.39. The molecule has 156 valence electrons. The molecule has 7 nitrogen and oxygen atoms in total. The van der Waals surface area contributed by atoms with Crippen LogP contribution in [0.4, 0.5) is 5.82 Å². The first-order chi connectivity index (χ1) is 15.0. The highest BCUT2D eigenvalue weighted by Gasteiger charge is 2.16. The number of carbonyl (C=O) groups is 1. The average molecular weight is 432 g/mol. The lowest BCUT2D eigenvalue weighted by molar-refractivity contribution is -0.111. The fraction of sp³-hybridized carbons (Fsp3) is 0.130. The Morgan fingerprint density at radius 1 is 1.23 bits per heavy atom. The molecule has 0 saturated heterocycles. The number of nitrogens with zero attached hydrogens (tertiary/aromatic N) is 3. The van der Waals surface area contributed by atoms with E-state index in [1.54, 1.807) is 19.1 Å². The fourth-order valence-corrected chi connectivity index (χ4v) is 3.87. The van der Waals surface area contributed by atoms with Crippen molar-refractivity contribution in [2.45, 2.75) is 20.3 Å². The van der Waals surface area contributed by atoms with Gasteiger partial charge < -0.3 is 5.32 Å². The number of aromatic nitrogens is 4. The second-order valence-corrected chi connectivity index (χ2v) is 7.79. The van der Waals surface area contributed by atoms with Crippen LogP contribution in [0.2, 0.25) is 0 Å².